The van der Waals surface area contributed by atoms with Crippen molar-refractivity contribution in [1.29, 1.82) is 0 Å². The van der Waals surface area contributed by atoms with Crippen molar-refractivity contribution in [2.45, 2.75) is 24.3 Å². The Hall–Kier alpha value is -0.680. The van der Waals surface area contributed by atoms with Crippen molar-refractivity contribution in [2.24, 2.45) is 0 Å². The first-order chi connectivity index (χ1) is 8.33. The first-order valence-electron chi connectivity index (χ1n) is 5.63. The van der Waals surface area contributed by atoms with Crippen molar-refractivity contribution in [3.8, 4) is 5.75 Å². The van der Waals surface area contributed by atoms with Crippen LogP contribution in [0.15, 0.2) is 6.20 Å². The maximum atomic E-state index is 11.0. The number of pyridine rings is 1. The third kappa shape index (κ3) is 3.16. The highest BCUT2D eigenvalue weighted by Crippen LogP contribution is 2.29. The first kappa shape index (κ1) is 12.8. The lowest BCUT2D eigenvalue weighted by molar-refractivity contribution is 0.112. The SMILES string of the molecule is O=Cc1c2cnc(c1O)CSCCCCSC2. The number of aromatic nitrogens is 1. The van der Waals surface area contributed by atoms with E-state index in [2.05, 4.69) is 4.98 Å². The molecule has 2 aliphatic heterocycles. The quantitative estimate of drug-likeness (QED) is 0.794. The monoisotopic (exact) mass is 269 g/mol. The minimum Gasteiger partial charge on any atom is -0.505 e. The molecule has 0 unspecified atom stereocenters. The van der Waals surface area contributed by atoms with E-state index < -0.39 is 0 Å². The van der Waals surface area contributed by atoms with Gasteiger partial charge in [0.2, 0.25) is 0 Å². The summed E-state index contributed by atoms with van der Waals surface area (Å²) in [7, 11) is 0. The highest BCUT2D eigenvalue weighted by atomic mass is 32.2. The third-order valence-electron chi connectivity index (χ3n) is 2.69. The average Bonchev–Trinajstić information content (AvgIpc) is 2.32. The zero-order valence-corrected chi connectivity index (χ0v) is 11.1. The summed E-state index contributed by atoms with van der Waals surface area (Å²) in [6.07, 6.45) is 4.89. The number of fused-ring (bicyclic) bond motifs is 9. The predicted octanol–water partition coefficient (Wildman–Crippen LogP) is 2.86. The van der Waals surface area contributed by atoms with E-state index in [1.807, 2.05) is 0 Å². The molecule has 0 fully saturated rings. The van der Waals surface area contributed by atoms with Gasteiger partial charge in [0.15, 0.2) is 6.29 Å². The van der Waals surface area contributed by atoms with Crippen molar-refractivity contribution in [3.05, 3.63) is 23.0 Å². The highest BCUT2D eigenvalue weighted by Gasteiger charge is 2.14. The Morgan fingerprint density at radius 1 is 1.24 bits per heavy atom. The summed E-state index contributed by atoms with van der Waals surface area (Å²) < 4.78 is 0. The lowest BCUT2D eigenvalue weighted by Crippen LogP contribution is -2.00. The van der Waals surface area contributed by atoms with Crippen LogP contribution in [0.5, 0.6) is 5.75 Å². The molecule has 0 aromatic carbocycles. The van der Waals surface area contributed by atoms with Crippen LogP contribution in [-0.4, -0.2) is 27.9 Å². The van der Waals surface area contributed by atoms with Gasteiger partial charge in [0.25, 0.3) is 0 Å². The molecule has 0 saturated heterocycles. The molecule has 3 rings (SSSR count). The third-order valence-corrected chi connectivity index (χ3v) is 4.84. The van der Waals surface area contributed by atoms with E-state index in [-0.39, 0.29) is 5.75 Å². The normalized spacial score (nSPS) is 17.2. The Balaban J connectivity index is 2.32. The number of nitrogens with zero attached hydrogens (tertiary/aromatic N) is 1. The van der Waals surface area contributed by atoms with E-state index in [9.17, 15) is 9.90 Å². The van der Waals surface area contributed by atoms with Gasteiger partial charge in [-0.15, -0.1) is 0 Å². The van der Waals surface area contributed by atoms with Crippen LogP contribution in [0.25, 0.3) is 0 Å². The van der Waals surface area contributed by atoms with Gasteiger partial charge in [-0.2, -0.15) is 23.5 Å². The van der Waals surface area contributed by atoms with Crippen molar-refractivity contribution in [2.75, 3.05) is 11.5 Å². The number of hydrogen-bond donors (Lipinski definition) is 1. The van der Waals surface area contributed by atoms with Crippen LogP contribution in [0.3, 0.4) is 0 Å². The smallest absolute Gasteiger partial charge is 0.154 e. The van der Waals surface area contributed by atoms with Gasteiger partial charge in [0, 0.05) is 17.7 Å². The van der Waals surface area contributed by atoms with Crippen LogP contribution in [0.1, 0.15) is 34.5 Å². The van der Waals surface area contributed by atoms with E-state index in [1.165, 1.54) is 12.8 Å². The number of aldehydes is 1. The molecular formula is C12H15NO2S2. The Bertz CT molecular complexity index is 410. The fourth-order valence-electron chi connectivity index (χ4n) is 1.71. The van der Waals surface area contributed by atoms with Gasteiger partial charge >= 0.3 is 0 Å². The number of carbonyl (C=O) groups excluding carboxylic acids is 1. The van der Waals surface area contributed by atoms with Gasteiger partial charge in [0.05, 0.1) is 11.3 Å². The molecule has 17 heavy (non-hydrogen) atoms. The Morgan fingerprint density at radius 2 is 1.94 bits per heavy atom. The van der Waals surface area contributed by atoms with Gasteiger partial charge < -0.3 is 5.11 Å². The van der Waals surface area contributed by atoms with Gasteiger partial charge in [-0.05, 0) is 29.9 Å². The topological polar surface area (TPSA) is 50.2 Å². The summed E-state index contributed by atoms with van der Waals surface area (Å²) in [5.41, 5.74) is 1.90. The second-order valence-corrected chi connectivity index (χ2v) is 6.13. The lowest BCUT2D eigenvalue weighted by Gasteiger charge is -2.11. The molecule has 0 spiro atoms. The number of hydrogen-bond acceptors (Lipinski definition) is 5. The average molecular weight is 269 g/mol. The Morgan fingerprint density at radius 3 is 2.65 bits per heavy atom. The van der Waals surface area contributed by atoms with Gasteiger partial charge in [-0.3, -0.25) is 9.78 Å². The van der Waals surface area contributed by atoms with E-state index in [0.717, 1.165) is 29.1 Å². The lowest BCUT2D eigenvalue weighted by atomic mass is 10.1. The summed E-state index contributed by atoms with van der Waals surface area (Å²) in [4.78, 5) is 15.3. The van der Waals surface area contributed by atoms with E-state index in [4.69, 9.17) is 0 Å². The summed E-state index contributed by atoms with van der Waals surface area (Å²) in [5.74, 6) is 3.69. The highest BCUT2D eigenvalue weighted by molar-refractivity contribution is 7.98. The molecule has 3 nitrogen and oxygen atoms in total. The summed E-state index contributed by atoms with van der Waals surface area (Å²) in [6, 6.07) is 0. The van der Waals surface area contributed by atoms with Crippen molar-refractivity contribution >= 4 is 29.8 Å². The fourth-order valence-corrected chi connectivity index (χ4v) is 3.67. The standard InChI is InChI=1S/C12H15NO2S2/c14-6-10-9-5-13-11(12(10)15)8-17-4-2-1-3-16-7-9/h5-6,15H,1-4,7-8H2. The molecule has 1 aromatic rings. The Kier molecular flexibility index (Phi) is 4.74. The zero-order chi connectivity index (χ0) is 12.1. The van der Waals surface area contributed by atoms with Crippen LogP contribution < -0.4 is 0 Å². The molecule has 3 heterocycles. The second kappa shape index (κ2) is 6.31. The predicted molar refractivity (Wildman–Crippen MR) is 72.8 cm³/mol. The number of rotatable bonds is 1. The maximum absolute atomic E-state index is 11.0. The van der Waals surface area contributed by atoms with Crippen molar-refractivity contribution in [3.63, 3.8) is 0 Å². The molecular weight excluding hydrogens is 254 g/mol. The second-order valence-electron chi connectivity index (χ2n) is 3.92. The van der Waals surface area contributed by atoms with Crippen LogP contribution in [0.2, 0.25) is 0 Å². The zero-order valence-electron chi connectivity index (χ0n) is 9.52. The largest absolute Gasteiger partial charge is 0.505 e. The molecule has 1 aromatic heterocycles. The molecule has 0 amide bonds. The van der Waals surface area contributed by atoms with Crippen LogP contribution in [0, 0.1) is 0 Å². The molecule has 1 N–H and O–H groups in total. The van der Waals surface area contributed by atoms with Crippen LogP contribution in [-0.2, 0) is 11.5 Å². The minimum atomic E-state index is 0.0752. The molecule has 92 valence electrons. The van der Waals surface area contributed by atoms with Gasteiger partial charge in [-0.25, -0.2) is 0 Å². The minimum absolute atomic E-state index is 0.0752. The van der Waals surface area contributed by atoms with E-state index >= 15 is 0 Å². The molecule has 0 aliphatic carbocycles. The summed E-state index contributed by atoms with van der Waals surface area (Å²) >= 11 is 3.56. The number of aromatic hydroxyl groups is 1. The maximum Gasteiger partial charge on any atom is 0.154 e. The molecule has 2 aliphatic rings. The Labute approximate surface area is 109 Å². The molecule has 0 atom stereocenters. The van der Waals surface area contributed by atoms with Crippen LogP contribution >= 0.6 is 23.5 Å². The molecule has 0 radical (unpaired) electrons. The van der Waals surface area contributed by atoms with E-state index in [0.29, 0.717) is 17.0 Å². The van der Waals surface area contributed by atoms with Crippen LogP contribution in [0.4, 0.5) is 0 Å². The van der Waals surface area contributed by atoms with Crippen molar-refractivity contribution < 1.29 is 9.90 Å². The van der Waals surface area contributed by atoms with Crippen molar-refractivity contribution in [1.82, 2.24) is 4.98 Å². The first-order valence-corrected chi connectivity index (χ1v) is 7.94. The molecule has 5 heteroatoms. The molecule has 2 bridgehead atoms. The molecule has 0 saturated carbocycles. The van der Waals surface area contributed by atoms with Gasteiger partial charge in [0.1, 0.15) is 5.75 Å². The summed E-state index contributed by atoms with van der Waals surface area (Å²) in [6.45, 7) is 0. The fraction of sp³-hybridized carbons (Fsp3) is 0.500. The van der Waals surface area contributed by atoms with Gasteiger partial charge in [-0.1, -0.05) is 0 Å². The number of carbonyl (C=O) groups is 1. The summed E-state index contributed by atoms with van der Waals surface area (Å²) in [5, 5.41) is 10.00. The number of thioether (sulfide) groups is 2. The van der Waals surface area contributed by atoms with E-state index in [1.54, 1.807) is 29.7 Å².